The van der Waals surface area contributed by atoms with Crippen molar-refractivity contribution in [3.05, 3.63) is 58.1 Å². The molecule has 5 nitrogen and oxygen atoms in total. The minimum Gasteiger partial charge on any atom is -0.335 e. The maximum atomic E-state index is 12.2. The van der Waals surface area contributed by atoms with Gasteiger partial charge in [-0.05, 0) is 55.3 Å². The monoisotopic (exact) mass is 363 g/mol. The van der Waals surface area contributed by atoms with E-state index < -0.39 is 0 Å². The minimum absolute atomic E-state index is 0.220. The topological polar surface area (TPSA) is 70.2 Å². The molecule has 2 aromatic carbocycles. The van der Waals surface area contributed by atoms with Gasteiger partial charge < -0.3 is 16.0 Å². The highest BCUT2D eigenvalue weighted by Gasteiger charge is 2.23. The summed E-state index contributed by atoms with van der Waals surface area (Å²) in [6, 6.07) is 11.6. The quantitative estimate of drug-likeness (QED) is 0.746. The molecule has 0 atom stereocenters. The zero-order valence-corrected chi connectivity index (χ0v) is 14.1. The number of hydrogen-bond acceptors (Lipinski definition) is 2. The fourth-order valence-electron chi connectivity index (χ4n) is 2.09. The second kappa shape index (κ2) is 7.11. The van der Waals surface area contributed by atoms with Gasteiger partial charge in [0.1, 0.15) is 0 Å². The molecule has 3 amide bonds. The molecule has 0 saturated heterocycles. The molecular weight excluding hydrogens is 349 g/mol. The van der Waals surface area contributed by atoms with Gasteiger partial charge in [-0.25, -0.2) is 4.79 Å². The van der Waals surface area contributed by atoms with Crippen LogP contribution in [0.5, 0.6) is 0 Å². The number of benzene rings is 2. The normalized spacial score (nSPS) is 13.2. The second-order valence-corrected chi connectivity index (χ2v) is 6.37. The summed E-state index contributed by atoms with van der Waals surface area (Å²) < 4.78 is 0. The fourth-order valence-corrected chi connectivity index (χ4v) is 2.58. The summed E-state index contributed by atoms with van der Waals surface area (Å²) in [6.45, 7) is 0. The largest absolute Gasteiger partial charge is 0.335 e. The van der Waals surface area contributed by atoms with E-state index in [0.717, 1.165) is 12.8 Å². The molecule has 0 unspecified atom stereocenters. The molecule has 2 aromatic rings. The van der Waals surface area contributed by atoms with Gasteiger partial charge in [-0.3, -0.25) is 4.79 Å². The number of urea groups is 1. The van der Waals surface area contributed by atoms with E-state index in [1.165, 1.54) is 6.07 Å². The number of rotatable bonds is 4. The minimum atomic E-state index is -0.330. The highest BCUT2D eigenvalue weighted by atomic mass is 35.5. The number of halogens is 2. The molecular formula is C17H15Cl2N3O2. The van der Waals surface area contributed by atoms with Gasteiger partial charge in [-0.2, -0.15) is 0 Å². The molecule has 1 saturated carbocycles. The molecule has 0 spiro atoms. The third-order valence-electron chi connectivity index (χ3n) is 3.49. The Morgan fingerprint density at radius 3 is 2.12 bits per heavy atom. The number of carbonyl (C=O) groups excluding carboxylic acids is 2. The van der Waals surface area contributed by atoms with Gasteiger partial charge in [0, 0.05) is 22.4 Å². The van der Waals surface area contributed by atoms with Gasteiger partial charge in [0.05, 0.1) is 10.6 Å². The molecule has 124 valence electrons. The molecule has 3 rings (SSSR count). The van der Waals surface area contributed by atoms with Crippen LogP contribution >= 0.6 is 23.2 Å². The van der Waals surface area contributed by atoms with E-state index in [1.54, 1.807) is 36.4 Å². The van der Waals surface area contributed by atoms with Crippen molar-refractivity contribution in [2.24, 2.45) is 0 Å². The predicted molar refractivity (Wildman–Crippen MR) is 96.0 cm³/mol. The predicted octanol–water partition coefficient (Wildman–Crippen LogP) is 4.53. The molecule has 0 aliphatic heterocycles. The molecule has 3 N–H and O–H groups in total. The van der Waals surface area contributed by atoms with Crippen molar-refractivity contribution >= 4 is 46.5 Å². The number of carbonyl (C=O) groups is 2. The number of anilines is 2. The fraction of sp³-hybridized carbons (Fsp3) is 0.176. The van der Waals surface area contributed by atoms with Gasteiger partial charge in [0.15, 0.2) is 0 Å². The van der Waals surface area contributed by atoms with E-state index >= 15 is 0 Å². The van der Waals surface area contributed by atoms with Gasteiger partial charge in [-0.1, -0.05) is 23.2 Å². The molecule has 0 aromatic heterocycles. The van der Waals surface area contributed by atoms with Crippen LogP contribution in [-0.2, 0) is 0 Å². The Bertz CT molecular complexity index is 774. The van der Waals surface area contributed by atoms with Gasteiger partial charge in [0.25, 0.3) is 5.91 Å². The summed E-state index contributed by atoms with van der Waals surface area (Å²) in [4.78, 5) is 23.9. The molecule has 1 aliphatic carbocycles. The van der Waals surface area contributed by atoms with Crippen molar-refractivity contribution < 1.29 is 9.59 Å². The molecule has 1 aliphatic rings. The first-order valence-electron chi connectivity index (χ1n) is 7.45. The van der Waals surface area contributed by atoms with Crippen LogP contribution in [0.25, 0.3) is 0 Å². The lowest BCUT2D eigenvalue weighted by Gasteiger charge is -2.09. The molecule has 24 heavy (non-hydrogen) atoms. The van der Waals surface area contributed by atoms with E-state index in [-0.39, 0.29) is 17.0 Å². The summed E-state index contributed by atoms with van der Waals surface area (Å²) >= 11 is 11.8. The first kappa shape index (κ1) is 16.6. The van der Waals surface area contributed by atoms with Crippen molar-refractivity contribution in [3.63, 3.8) is 0 Å². The summed E-state index contributed by atoms with van der Waals surface area (Å²) in [5.74, 6) is -0.330. The Labute approximate surface area is 149 Å². The van der Waals surface area contributed by atoms with Crippen LogP contribution in [0.1, 0.15) is 23.2 Å². The maximum absolute atomic E-state index is 12.2. The Hall–Kier alpha value is -2.24. The zero-order chi connectivity index (χ0) is 17.1. The van der Waals surface area contributed by atoms with Crippen LogP contribution in [0.4, 0.5) is 16.2 Å². The average molecular weight is 364 g/mol. The lowest BCUT2D eigenvalue weighted by Crippen LogP contribution is -2.30. The van der Waals surface area contributed by atoms with Crippen molar-refractivity contribution in [1.82, 2.24) is 5.32 Å². The number of nitrogens with one attached hydrogen (secondary N) is 3. The number of hydrogen-bond donors (Lipinski definition) is 3. The van der Waals surface area contributed by atoms with Crippen LogP contribution < -0.4 is 16.0 Å². The van der Waals surface area contributed by atoms with Crippen molar-refractivity contribution in [2.75, 3.05) is 10.6 Å². The highest BCUT2D eigenvalue weighted by Crippen LogP contribution is 2.23. The zero-order valence-electron chi connectivity index (χ0n) is 12.6. The van der Waals surface area contributed by atoms with E-state index in [0.29, 0.717) is 28.0 Å². The van der Waals surface area contributed by atoms with Gasteiger partial charge in [-0.15, -0.1) is 0 Å². The lowest BCUT2D eigenvalue weighted by atomic mass is 10.2. The molecule has 1 fully saturated rings. The Morgan fingerprint density at radius 1 is 0.917 bits per heavy atom. The molecule has 0 radical (unpaired) electrons. The molecule has 0 bridgehead atoms. The Kier molecular flexibility index (Phi) is 4.92. The van der Waals surface area contributed by atoms with Gasteiger partial charge in [0.2, 0.25) is 0 Å². The summed E-state index contributed by atoms with van der Waals surface area (Å²) in [7, 11) is 0. The van der Waals surface area contributed by atoms with Crippen LogP contribution in [-0.4, -0.2) is 18.0 Å². The number of amides is 3. The molecule has 7 heteroatoms. The van der Waals surface area contributed by atoms with Crippen molar-refractivity contribution in [1.29, 1.82) is 0 Å². The van der Waals surface area contributed by atoms with E-state index in [4.69, 9.17) is 23.2 Å². The van der Waals surface area contributed by atoms with Crippen LogP contribution in [0.15, 0.2) is 42.5 Å². The summed E-state index contributed by atoms with van der Waals surface area (Å²) in [5.41, 5.74) is 1.59. The summed E-state index contributed by atoms with van der Waals surface area (Å²) in [5, 5.41) is 9.08. The highest BCUT2D eigenvalue weighted by molar-refractivity contribution is 6.37. The smallest absolute Gasteiger partial charge is 0.319 e. The Morgan fingerprint density at radius 2 is 1.54 bits per heavy atom. The van der Waals surface area contributed by atoms with Gasteiger partial charge >= 0.3 is 6.03 Å². The third kappa shape index (κ3) is 4.40. The SMILES string of the molecule is O=C(Nc1ccc(NC(=O)c2ccc(Cl)cc2Cl)cc1)NC1CC1. The van der Waals surface area contributed by atoms with Crippen molar-refractivity contribution in [3.8, 4) is 0 Å². The van der Waals surface area contributed by atoms with Crippen LogP contribution in [0.2, 0.25) is 10.0 Å². The standard InChI is InChI=1S/C17H15Cl2N3O2/c18-10-1-8-14(15(19)9-10)16(23)20-11-2-4-12(5-3-11)21-17(24)22-13-6-7-13/h1-5,8-9,13H,6-7H2,(H,20,23)(H2,21,22,24). The third-order valence-corrected chi connectivity index (χ3v) is 4.04. The molecule has 0 heterocycles. The van der Waals surface area contributed by atoms with Crippen LogP contribution in [0.3, 0.4) is 0 Å². The lowest BCUT2D eigenvalue weighted by molar-refractivity contribution is 0.102. The van der Waals surface area contributed by atoms with Crippen molar-refractivity contribution in [2.45, 2.75) is 18.9 Å². The first-order valence-corrected chi connectivity index (χ1v) is 8.21. The average Bonchev–Trinajstić information content (AvgIpc) is 3.33. The van der Waals surface area contributed by atoms with E-state index in [9.17, 15) is 9.59 Å². The van der Waals surface area contributed by atoms with E-state index in [1.807, 2.05) is 0 Å². The first-order chi connectivity index (χ1) is 11.5. The summed E-state index contributed by atoms with van der Waals surface area (Å²) in [6.07, 6.45) is 2.07. The Balaban J connectivity index is 1.60. The second-order valence-electron chi connectivity index (χ2n) is 5.53. The van der Waals surface area contributed by atoms with E-state index in [2.05, 4.69) is 16.0 Å². The van der Waals surface area contributed by atoms with Crippen LogP contribution in [0, 0.1) is 0 Å². The maximum Gasteiger partial charge on any atom is 0.319 e.